The van der Waals surface area contributed by atoms with Crippen LogP contribution in [0.25, 0.3) is 0 Å². The van der Waals surface area contributed by atoms with Gasteiger partial charge in [0.2, 0.25) is 5.91 Å². The predicted molar refractivity (Wildman–Crippen MR) is 296 cm³/mol. The van der Waals surface area contributed by atoms with Gasteiger partial charge in [-0.2, -0.15) is 0 Å². The molecule has 0 aromatic heterocycles. The second-order valence-corrected chi connectivity index (χ2v) is 21.6. The Kier molecular flexibility index (Phi) is 56.9. The molecule has 1 amide bonds. The summed E-state index contributed by atoms with van der Waals surface area (Å²) in [5.41, 5.74) is 0. The van der Waals surface area contributed by atoms with E-state index in [0.717, 1.165) is 38.5 Å². The Labute approximate surface area is 420 Å². The summed E-state index contributed by atoms with van der Waals surface area (Å²) in [5.74, 6) is -0.145. The van der Waals surface area contributed by atoms with Gasteiger partial charge in [0.1, 0.15) is 6.10 Å². The summed E-state index contributed by atoms with van der Waals surface area (Å²) in [6, 6.07) is -0.823. The molecule has 5 heteroatoms. The van der Waals surface area contributed by atoms with Gasteiger partial charge in [-0.25, -0.2) is 0 Å². The molecule has 3 atom stereocenters. The smallest absolute Gasteiger partial charge is 0.220 e. The molecule has 67 heavy (non-hydrogen) atoms. The van der Waals surface area contributed by atoms with Gasteiger partial charge in [-0.05, 0) is 38.5 Å². The van der Waals surface area contributed by atoms with E-state index in [2.05, 4.69) is 31.3 Å². The van der Waals surface area contributed by atoms with Crippen molar-refractivity contribution in [2.24, 2.45) is 0 Å². The number of aliphatic hydroxyl groups is 3. The van der Waals surface area contributed by atoms with Crippen molar-refractivity contribution in [2.75, 3.05) is 6.61 Å². The van der Waals surface area contributed by atoms with Crippen LogP contribution in [-0.2, 0) is 4.79 Å². The van der Waals surface area contributed by atoms with Crippen LogP contribution in [0.2, 0.25) is 0 Å². The summed E-state index contributed by atoms with van der Waals surface area (Å²) in [6.45, 7) is 4.22. The fraction of sp³-hybridized carbons (Fsp3) is 0.952. The van der Waals surface area contributed by atoms with E-state index in [1.165, 1.54) is 289 Å². The summed E-state index contributed by atoms with van der Waals surface area (Å²) in [4.78, 5) is 12.5. The van der Waals surface area contributed by atoms with Gasteiger partial charge in [-0.1, -0.05) is 321 Å². The minimum absolute atomic E-state index is 0.145. The van der Waals surface area contributed by atoms with Crippen molar-refractivity contribution in [3.8, 4) is 0 Å². The highest BCUT2D eigenvalue weighted by Gasteiger charge is 2.26. The second-order valence-electron chi connectivity index (χ2n) is 21.6. The molecule has 0 radical (unpaired) electrons. The average molecular weight is 947 g/mol. The maximum atomic E-state index is 12.5. The Morgan fingerprint density at radius 3 is 0.866 bits per heavy atom. The molecule has 5 nitrogen and oxygen atoms in total. The van der Waals surface area contributed by atoms with E-state index in [1.807, 2.05) is 0 Å². The van der Waals surface area contributed by atoms with Crippen LogP contribution in [0.5, 0.6) is 0 Å². The molecular formula is C62H123NO4. The number of carbonyl (C=O) groups excluding carboxylic acids is 1. The number of aliphatic hydroxyl groups excluding tert-OH is 3. The first kappa shape index (κ1) is 66.1. The van der Waals surface area contributed by atoms with Crippen LogP contribution >= 0.6 is 0 Å². The summed E-state index contributed by atoms with van der Waals surface area (Å²) in [7, 11) is 0. The Morgan fingerprint density at radius 1 is 0.358 bits per heavy atom. The first-order valence-corrected chi connectivity index (χ1v) is 31.0. The van der Waals surface area contributed by atoms with Crippen molar-refractivity contribution in [2.45, 2.75) is 372 Å². The number of nitrogens with one attached hydrogen (secondary N) is 1. The molecule has 0 aliphatic rings. The maximum absolute atomic E-state index is 12.5. The lowest BCUT2D eigenvalue weighted by molar-refractivity contribution is -0.124. The summed E-state index contributed by atoms with van der Waals surface area (Å²) in [6.07, 6.45) is 72.6. The number of allylic oxidation sites excluding steroid dienone is 2. The van der Waals surface area contributed by atoms with Crippen LogP contribution in [0.3, 0.4) is 0 Å². The monoisotopic (exact) mass is 946 g/mol. The van der Waals surface area contributed by atoms with Gasteiger partial charge in [0, 0.05) is 6.42 Å². The molecule has 0 aliphatic heterocycles. The van der Waals surface area contributed by atoms with Gasteiger partial charge in [-0.3, -0.25) is 4.79 Å². The first-order valence-electron chi connectivity index (χ1n) is 31.0. The molecule has 0 heterocycles. The van der Waals surface area contributed by atoms with Gasteiger partial charge in [0.25, 0.3) is 0 Å². The lowest BCUT2D eigenvalue weighted by Gasteiger charge is -2.26. The molecule has 0 saturated carbocycles. The summed E-state index contributed by atoms with van der Waals surface area (Å²) in [5, 5.41) is 33.8. The zero-order valence-corrected chi connectivity index (χ0v) is 45.8. The molecule has 0 spiro atoms. The zero-order chi connectivity index (χ0) is 48.6. The zero-order valence-electron chi connectivity index (χ0n) is 45.8. The number of carbonyl (C=O) groups is 1. The van der Waals surface area contributed by atoms with Crippen molar-refractivity contribution >= 4 is 5.91 Å². The lowest BCUT2D eigenvalue weighted by atomic mass is 10.0. The van der Waals surface area contributed by atoms with Crippen LogP contribution < -0.4 is 5.32 Å². The van der Waals surface area contributed by atoms with Crippen LogP contribution in [0.4, 0.5) is 0 Å². The molecule has 0 fully saturated rings. The number of hydrogen-bond acceptors (Lipinski definition) is 4. The van der Waals surface area contributed by atoms with E-state index in [0.29, 0.717) is 12.8 Å². The topological polar surface area (TPSA) is 89.8 Å². The third kappa shape index (κ3) is 52.7. The lowest BCUT2D eigenvalue weighted by Crippen LogP contribution is -2.50. The molecule has 4 N–H and O–H groups in total. The SMILES string of the molecule is CCCCCCCCCCCCCCCCCC/C=C/CCCC(O)C(O)C(CO)NC(=O)CCCCCCCCCCCCCCCCCCCCCCCCCCCCCCCCCC. The number of amides is 1. The van der Waals surface area contributed by atoms with Gasteiger partial charge in [-0.15, -0.1) is 0 Å². The number of unbranched alkanes of at least 4 members (excludes halogenated alkanes) is 48. The van der Waals surface area contributed by atoms with Gasteiger partial charge >= 0.3 is 0 Å². The van der Waals surface area contributed by atoms with E-state index >= 15 is 0 Å². The van der Waals surface area contributed by atoms with Crippen LogP contribution in [0.15, 0.2) is 12.2 Å². The molecule has 0 rings (SSSR count). The standard InChI is InChI=1S/C62H123NO4/c1-3-5-7-9-11-13-15-17-19-21-23-25-26-27-28-29-30-31-32-33-34-35-37-39-41-43-45-47-49-51-53-55-57-61(66)63-59(58-64)62(67)60(65)56-54-52-50-48-46-44-42-40-38-36-24-22-20-18-16-14-12-10-8-6-4-2/h48,50,59-60,62,64-65,67H,3-47,49,51-58H2,1-2H3,(H,63,66)/b50-48+. The molecule has 0 saturated heterocycles. The molecule has 0 bridgehead atoms. The predicted octanol–water partition coefficient (Wildman–Crippen LogP) is 19.5. The highest BCUT2D eigenvalue weighted by atomic mass is 16.3. The minimum Gasteiger partial charge on any atom is -0.394 e. The van der Waals surface area contributed by atoms with E-state index < -0.39 is 18.2 Å². The largest absolute Gasteiger partial charge is 0.394 e. The Hall–Kier alpha value is -0.910. The molecule has 400 valence electrons. The normalized spacial score (nSPS) is 13.2. The third-order valence-electron chi connectivity index (χ3n) is 14.9. The minimum atomic E-state index is -1.16. The molecule has 0 aromatic carbocycles. The molecular weight excluding hydrogens is 823 g/mol. The maximum Gasteiger partial charge on any atom is 0.220 e. The van der Waals surface area contributed by atoms with Gasteiger partial charge in [0.15, 0.2) is 0 Å². The van der Waals surface area contributed by atoms with E-state index in [1.54, 1.807) is 0 Å². The number of hydrogen-bond donors (Lipinski definition) is 4. The second kappa shape index (κ2) is 57.7. The van der Waals surface area contributed by atoms with E-state index in [-0.39, 0.29) is 12.5 Å². The van der Waals surface area contributed by atoms with Crippen LogP contribution in [0.1, 0.15) is 354 Å². The quantitative estimate of drug-likeness (QED) is 0.0361. The molecule has 0 aromatic rings. The Balaban J connectivity index is 3.48. The van der Waals surface area contributed by atoms with Gasteiger partial charge < -0.3 is 20.6 Å². The molecule has 3 unspecified atom stereocenters. The van der Waals surface area contributed by atoms with E-state index in [9.17, 15) is 20.1 Å². The molecule has 0 aliphatic carbocycles. The summed E-state index contributed by atoms with van der Waals surface area (Å²) < 4.78 is 0. The van der Waals surface area contributed by atoms with Crippen molar-refractivity contribution in [3.05, 3.63) is 12.2 Å². The Morgan fingerprint density at radius 2 is 0.597 bits per heavy atom. The van der Waals surface area contributed by atoms with E-state index in [4.69, 9.17) is 0 Å². The first-order chi connectivity index (χ1) is 33.1. The fourth-order valence-electron chi connectivity index (χ4n) is 10.1. The van der Waals surface area contributed by atoms with Crippen molar-refractivity contribution < 1.29 is 20.1 Å². The summed E-state index contributed by atoms with van der Waals surface area (Å²) >= 11 is 0. The number of rotatable bonds is 58. The Bertz CT molecular complexity index is 956. The van der Waals surface area contributed by atoms with Crippen molar-refractivity contribution in [3.63, 3.8) is 0 Å². The highest BCUT2D eigenvalue weighted by molar-refractivity contribution is 5.76. The van der Waals surface area contributed by atoms with Crippen LogP contribution in [-0.4, -0.2) is 46.1 Å². The fourth-order valence-corrected chi connectivity index (χ4v) is 10.1. The van der Waals surface area contributed by atoms with Gasteiger partial charge in [0.05, 0.1) is 18.8 Å². The van der Waals surface area contributed by atoms with Crippen molar-refractivity contribution in [1.29, 1.82) is 0 Å². The van der Waals surface area contributed by atoms with Crippen LogP contribution in [0, 0.1) is 0 Å². The highest BCUT2D eigenvalue weighted by Crippen LogP contribution is 2.19. The third-order valence-corrected chi connectivity index (χ3v) is 14.9. The average Bonchev–Trinajstić information content (AvgIpc) is 3.33. The van der Waals surface area contributed by atoms with Crippen molar-refractivity contribution in [1.82, 2.24) is 5.32 Å².